The molecule has 4 heteroatoms. The summed E-state index contributed by atoms with van der Waals surface area (Å²) >= 11 is 0. The maximum atomic E-state index is 10.1. The van der Waals surface area contributed by atoms with Crippen LogP contribution in [0.3, 0.4) is 0 Å². The molecule has 2 rings (SSSR count). The fourth-order valence-electron chi connectivity index (χ4n) is 1.90. The largest absolute Gasteiger partial charge is 0.493 e. The predicted octanol–water partition coefficient (Wildman–Crippen LogP) is 1.75. The third-order valence-corrected chi connectivity index (χ3v) is 2.93. The number of aliphatic hydroxyl groups is 1. The first-order valence-corrected chi connectivity index (χ1v) is 5.54. The Labute approximate surface area is 89.9 Å². The van der Waals surface area contributed by atoms with Crippen molar-refractivity contribution in [3.63, 3.8) is 0 Å². The zero-order valence-electron chi connectivity index (χ0n) is 9.31. The van der Waals surface area contributed by atoms with Crippen LogP contribution in [0.4, 0.5) is 0 Å². The molecule has 1 heterocycles. The first-order chi connectivity index (χ1) is 7.26. The molecule has 1 fully saturated rings. The van der Waals surface area contributed by atoms with Crippen molar-refractivity contribution in [1.29, 1.82) is 0 Å². The molecular formula is C11H18N2O2. The minimum Gasteiger partial charge on any atom is -0.493 e. The Kier molecular flexibility index (Phi) is 2.95. The number of aliphatic hydroxyl groups excluding tert-OH is 1. The molecule has 4 nitrogen and oxygen atoms in total. The summed E-state index contributed by atoms with van der Waals surface area (Å²) in [4.78, 5) is 0. The van der Waals surface area contributed by atoms with Crippen LogP contribution in [-0.4, -0.2) is 22.0 Å². The van der Waals surface area contributed by atoms with Crippen molar-refractivity contribution in [2.24, 2.45) is 5.92 Å². The molecule has 1 aromatic rings. The fraction of sp³-hybridized carbons (Fsp3) is 0.727. The second-order valence-corrected chi connectivity index (χ2v) is 4.11. The molecule has 1 saturated carbocycles. The van der Waals surface area contributed by atoms with Crippen molar-refractivity contribution in [3.8, 4) is 5.75 Å². The molecule has 1 aromatic heterocycles. The standard InChI is InChI=1S/C11H18N2O2/c1-3-13-11(10(15-2)7-12-13)9(14)6-8-4-5-8/h7-9,14H,3-6H2,1-2H3. The van der Waals surface area contributed by atoms with E-state index in [0.717, 1.165) is 18.7 Å². The number of hydrogen-bond acceptors (Lipinski definition) is 3. The van der Waals surface area contributed by atoms with Gasteiger partial charge in [-0.05, 0) is 19.3 Å². The third kappa shape index (κ3) is 2.15. The van der Waals surface area contributed by atoms with Crippen LogP contribution in [0.25, 0.3) is 0 Å². The van der Waals surface area contributed by atoms with E-state index in [1.807, 2.05) is 11.6 Å². The van der Waals surface area contributed by atoms with Crippen LogP contribution in [0.2, 0.25) is 0 Å². The summed E-state index contributed by atoms with van der Waals surface area (Å²) < 4.78 is 7.02. The summed E-state index contributed by atoms with van der Waals surface area (Å²) in [6.07, 6.45) is 4.57. The maximum Gasteiger partial charge on any atom is 0.162 e. The molecule has 0 amide bonds. The van der Waals surface area contributed by atoms with E-state index in [4.69, 9.17) is 4.74 Å². The van der Waals surface area contributed by atoms with Gasteiger partial charge in [0.05, 0.1) is 19.4 Å². The van der Waals surface area contributed by atoms with Crippen LogP contribution in [-0.2, 0) is 6.54 Å². The van der Waals surface area contributed by atoms with Gasteiger partial charge in [0.15, 0.2) is 5.75 Å². The Morgan fingerprint density at radius 3 is 2.93 bits per heavy atom. The zero-order chi connectivity index (χ0) is 10.8. The number of aryl methyl sites for hydroxylation is 1. The van der Waals surface area contributed by atoms with E-state index in [0.29, 0.717) is 11.7 Å². The lowest BCUT2D eigenvalue weighted by Crippen LogP contribution is -2.09. The lowest BCUT2D eigenvalue weighted by Gasteiger charge is -2.13. The van der Waals surface area contributed by atoms with E-state index in [-0.39, 0.29) is 0 Å². The number of nitrogens with zero attached hydrogens (tertiary/aromatic N) is 2. The monoisotopic (exact) mass is 210 g/mol. The van der Waals surface area contributed by atoms with Crippen LogP contribution in [0.5, 0.6) is 5.75 Å². The first-order valence-electron chi connectivity index (χ1n) is 5.54. The minimum atomic E-state index is -0.435. The van der Waals surface area contributed by atoms with Gasteiger partial charge in [0.2, 0.25) is 0 Å². The van der Waals surface area contributed by atoms with Gasteiger partial charge < -0.3 is 9.84 Å². The molecule has 1 unspecified atom stereocenters. The molecule has 0 aliphatic heterocycles. The molecule has 1 aliphatic rings. The molecule has 1 atom stereocenters. The average Bonchev–Trinajstić information content (AvgIpc) is 2.95. The van der Waals surface area contributed by atoms with E-state index in [1.165, 1.54) is 12.8 Å². The highest BCUT2D eigenvalue weighted by molar-refractivity contribution is 5.27. The van der Waals surface area contributed by atoms with Crippen molar-refractivity contribution >= 4 is 0 Å². The summed E-state index contributed by atoms with van der Waals surface area (Å²) in [5, 5.41) is 14.3. The van der Waals surface area contributed by atoms with Gasteiger partial charge in [-0.2, -0.15) is 5.10 Å². The van der Waals surface area contributed by atoms with Crippen LogP contribution < -0.4 is 4.74 Å². The molecule has 15 heavy (non-hydrogen) atoms. The first kappa shape index (κ1) is 10.5. The molecule has 0 aromatic carbocycles. The molecule has 1 N–H and O–H groups in total. The van der Waals surface area contributed by atoms with Crippen LogP contribution in [0.1, 0.15) is 38.0 Å². The van der Waals surface area contributed by atoms with E-state index in [9.17, 15) is 5.11 Å². The Hall–Kier alpha value is -1.03. The van der Waals surface area contributed by atoms with Gasteiger partial charge in [-0.3, -0.25) is 4.68 Å². The quantitative estimate of drug-likeness (QED) is 0.805. The summed E-state index contributed by atoms with van der Waals surface area (Å²) in [5.41, 5.74) is 0.826. The van der Waals surface area contributed by atoms with Crippen LogP contribution in [0, 0.1) is 5.92 Å². The second-order valence-electron chi connectivity index (χ2n) is 4.11. The fourth-order valence-corrected chi connectivity index (χ4v) is 1.90. The molecule has 0 spiro atoms. The van der Waals surface area contributed by atoms with Crippen molar-refractivity contribution in [3.05, 3.63) is 11.9 Å². The number of hydrogen-bond donors (Lipinski definition) is 1. The lowest BCUT2D eigenvalue weighted by molar-refractivity contribution is 0.146. The van der Waals surface area contributed by atoms with Gasteiger partial charge in [-0.15, -0.1) is 0 Å². The topological polar surface area (TPSA) is 47.3 Å². The van der Waals surface area contributed by atoms with Crippen molar-refractivity contribution in [2.75, 3.05) is 7.11 Å². The summed E-state index contributed by atoms with van der Waals surface area (Å²) in [7, 11) is 1.62. The molecule has 0 bridgehead atoms. The molecular weight excluding hydrogens is 192 g/mol. The lowest BCUT2D eigenvalue weighted by atomic mass is 10.1. The van der Waals surface area contributed by atoms with Crippen molar-refractivity contribution < 1.29 is 9.84 Å². The number of rotatable bonds is 5. The smallest absolute Gasteiger partial charge is 0.162 e. The Morgan fingerprint density at radius 2 is 2.40 bits per heavy atom. The summed E-state index contributed by atoms with van der Waals surface area (Å²) in [6.45, 7) is 2.78. The molecule has 0 radical (unpaired) electrons. The predicted molar refractivity (Wildman–Crippen MR) is 56.8 cm³/mol. The van der Waals surface area contributed by atoms with E-state index in [1.54, 1.807) is 13.3 Å². The summed E-state index contributed by atoms with van der Waals surface area (Å²) in [6, 6.07) is 0. The van der Waals surface area contributed by atoms with E-state index < -0.39 is 6.10 Å². The highest BCUT2D eigenvalue weighted by Gasteiger charge is 2.28. The Balaban J connectivity index is 2.17. The minimum absolute atomic E-state index is 0.435. The van der Waals surface area contributed by atoms with Gasteiger partial charge >= 0.3 is 0 Å². The Bertz CT molecular complexity index is 310. The maximum absolute atomic E-state index is 10.1. The van der Waals surface area contributed by atoms with Crippen LogP contribution in [0.15, 0.2) is 6.20 Å². The third-order valence-electron chi connectivity index (χ3n) is 2.93. The molecule has 84 valence electrons. The highest BCUT2D eigenvalue weighted by atomic mass is 16.5. The SMILES string of the molecule is CCn1ncc(OC)c1C(O)CC1CC1. The summed E-state index contributed by atoms with van der Waals surface area (Å²) in [5.74, 6) is 1.40. The van der Waals surface area contributed by atoms with Crippen LogP contribution >= 0.6 is 0 Å². The van der Waals surface area contributed by atoms with Gasteiger partial charge in [0.1, 0.15) is 5.69 Å². The van der Waals surface area contributed by atoms with Gasteiger partial charge in [0, 0.05) is 6.54 Å². The van der Waals surface area contributed by atoms with Crippen molar-refractivity contribution in [1.82, 2.24) is 9.78 Å². The number of aromatic nitrogens is 2. The van der Waals surface area contributed by atoms with E-state index in [2.05, 4.69) is 5.10 Å². The van der Waals surface area contributed by atoms with Gasteiger partial charge in [0.25, 0.3) is 0 Å². The van der Waals surface area contributed by atoms with Gasteiger partial charge in [-0.25, -0.2) is 0 Å². The normalized spacial score (nSPS) is 17.8. The highest BCUT2D eigenvalue weighted by Crippen LogP contribution is 2.39. The molecule has 0 saturated heterocycles. The zero-order valence-corrected chi connectivity index (χ0v) is 9.31. The average molecular weight is 210 g/mol. The number of methoxy groups -OCH3 is 1. The molecule has 1 aliphatic carbocycles. The van der Waals surface area contributed by atoms with E-state index >= 15 is 0 Å². The Morgan fingerprint density at radius 1 is 1.67 bits per heavy atom. The number of ether oxygens (including phenoxy) is 1. The van der Waals surface area contributed by atoms with Crippen molar-refractivity contribution in [2.45, 2.75) is 38.8 Å². The second kappa shape index (κ2) is 4.23. The van der Waals surface area contributed by atoms with Gasteiger partial charge in [-0.1, -0.05) is 12.8 Å².